The van der Waals surface area contributed by atoms with Crippen molar-refractivity contribution in [2.45, 2.75) is 19.8 Å². The Morgan fingerprint density at radius 2 is 2.06 bits per heavy atom. The second-order valence-electron chi connectivity index (χ2n) is 4.06. The van der Waals surface area contributed by atoms with Gasteiger partial charge in [0.05, 0.1) is 5.56 Å². The van der Waals surface area contributed by atoms with Crippen molar-refractivity contribution in [2.75, 3.05) is 0 Å². The number of aromatic carboxylic acids is 1. The molecule has 17 heavy (non-hydrogen) atoms. The van der Waals surface area contributed by atoms with E-state index < -0.39 is 5.97 Å². The van der Waals surface area contributed by atoms with Gasteiger partial charge < -0.3 is 10.4 Å². The smallest absolute Gasteiger partial charge is 0.335 e. The molecule has 0 heterocycles. The van der Waals surface area contributed by atoms with Crippen molar-refractivity contribution in [1.29, 1.82) is 0 Å². The van der Waals surface area contributed by atoms with Gasteiger partial charge in [0.2, 0.25) is 0 Å². The molecule has 0 radical (unpaired) electrons. The molecule has 0 spiro atoms. The number of allylic oxidation sites excluding steroid dienone is 2. The average Bonchev–Trinajstić information content (AvgIpc) is 2.23. The van der Waals surface area contributed by atoms with Gasteiger partial charge in [-0.15, -0.1) is 0 Å². The summed E-state index contributed by atoms with van der Waals surface area (Å²) in [6.45, 7) is 1.79. The lowest BCUT2D eigenvalue weighted by Gasteiger charge is -2.16. The number of hydrogen-bond donors (Lipinski definition) is 2. The number of rotatable bonds is 3. The van der Waals surface area contributed by atoms with Crippen molar-refractivity contribution < 1.29 is 14.7 Å². The van der Waals surface area contributed by atoms with Crippen LogP contribution in [-0.2, 0) is 0 Å². The highest BCUT2D eigenvalue weighted by Gasteiger charge is 2.15. The maximum Gasteiger partial charge on any atom is 0.335 e. The third-order valence-corrected chi connectivity index (χ3v) is 2.81. The second-order valence-corrected chi connectivity index (χ2v) is 4.06. The monoisotopic (exact) mass is 231 g/mol. The van der Waals surface area contributed by atoms with E-state index >= 15 is 0 Å². The molecule has 1 aliphatic carbocycles. The van der Waals surface area contributed by atoms with E-state index in [9.17, 15) is 9.59 Å². The number of aryl methyl sites for hydroxylation is 1. The first kappa shape index (κ1) is 11.4. The first-order valence-corrected chi connectivity index (χ1v) is 5.42. The predicted octanol–water partition coefficient (Wildman–Crippen LogP) is 2.10. The molecule has 0 saturated heterocycles. The number of carbonyl (C=O) groups is 2. The Morgan fingerprint density at radius 1 is 1.35 bits per heavy atom. The van der Waals surface area contributed by atoms with Crippen LogP contribution in [0.1, 0.15) is 39.1 Å². The zero-order valence-corrected chi connectivity index (χ0v) is 9.49. The van der Waals surface area contributed by atoms with E-state index in [1.807, 2.05) is 6.08 Å². The number of benzene rings is 1. The van der Waals surface area contributed by atoms with Gasteiger partial charge in [-0.05, 0) is 37.5 Å². The molecule has 1 amide bonds. The summed E-state index contributed by atoms with van der Waals surface area (Å²) < 4.78 is 0. The Hall–Kier alpha value is -2.10. The van der Waals surface area contributed by atoms with E-state index in [1.165, 1.54) is 12.1 Å². The molecule has 0 bridgehead atoms. The Labute approximate surface area is 99.0 Å². The second kappa shape index (κ2) is 4.41. The van der Waals surface area contributed by atoms with Gasteiger partial charge in [-0.25, -0.2) is 4.79 Å². The summed E-state index contributed by atoms with van der Waals surface area (Å²) >= 11 is 0. The number of carbonyl (C=O) groups excluding carboxylic acids is 1. The largest absolute Gasteiger partial charge is 0.478 e. The average molecular weight is 231 g/mol. The standard InChI is InChI=1S/C13H13NO3/c1-8-5-6-9(13(16)17)7-11(8)12(15)14-10-3-2-4-10/h3,5-7H,2,4H2,1H3,(H,14,15)(H,16,17). The molecule has 2 rings (SSSR count). The zero-order valence-electron chi connectivity index (χ0n) is 9.49. The highest BCUT2D eigenvalue weighted by molar-refractivity contribution is 5.99. The zero-order chi connectivity index (χ0) is 12.4. The van der Waals surface area contributed by atoms with Gasteiger partial charge in [0, 0.05) is 11.3 Å². The number of carboxylic acid groups (broad SMARTS) is 1. The van der Waals surface area contributed by atoms with Crippen LogP contribution >= 0.6 is 0 Å². The van der Waals surface area contributed by atoms with Crippen LogP contribution in [0.25, 0.3) is 0 Å². The number of carboxylic acids is 1. The molecular weight excluding hydrogens is 218 g/mol. The van der Waals surface area contributed by atoms with Crippen molar-refractivity contribution >= 4 is 11.9 Å². The van der Waals surface area contributed by atoms with Gasteiger partial charge in [-0.2, -0.15) is 0 Å². The van der Waals surface area contributed by atoms with Crippen LogP contribution in [0, 0.1) is 6.92 Å². The normalized spacial score (nSPS) is 13.6. The minimum atomic E-state index is -1.03. The van der Waals surface area contributed by atoms with Gasteiger partial charge in [-0.3, -0.25) is 4.79 Å². The molecule has 88 valence electrons. The molecule has 0 saturated carbocycles. The lowest BCUT2D eigenvalue weighted by molar-refractivity contribution is 0.0697. The van der Waals surface area contributed by atoms with E-state index in [0.717, 1.165) is 24.1 Å². The van der Waals surface area contributed by atoms with Crippen LogP contribution in [0.2, 0.25) is 0 Å². The Balaban J connectivity index is 2.26. The minimum Gasteiger partial charge on any atom is -0.478 e. The Bertz CT molecular complexity index is 517. The van der Waals surface area contributed by atoms with E-state index in [4.69, 9.17) is 5.11 Å². The number of nitrogens with one attached hydrogen (secondary N) is 1. The van der Waals surface area contributed by atoms with E-state index in [1.54, 1.807) is 13.0 Å². The lowest BCUT2D eigenvalue weighted by atomic mass is 10.0. The molecule has 1 aromatic carbocycles. The molecule has 0 atom stereocenters. The maximum absolute atomic E-state index is 11.9. The van der Waals surface area contributed by atoms with E-state index in [0.29, 0.717) is 5.56 Å². The minimum absolute atomic E-state index is 0.128. The van der Waals surface area contributed by atoms with Crippen molar-refractivity contribution in [3.8, 4) is 0 Å². The summed E-state index contributed by atoms with van der Waals surface area (Å²) in [5.74, 6) is -1.27. The van der Waals surface area contributed by atoms with Crippen LogP contribution in [-0.4, -0.2) is 17.0 Å². The topological polar surface area (TPSA) is 66.4 Å². The highest BCUT2D eigenvalue weighted by Crippen LogP contribution is 2.17. The molecule has 0 aromatic heterocycles. The summed E-state index contributed by atoms with van der Waals surface area (Å²) in [5, 5.41) is 11.6. The van der Waals surface area contributed by atoms with Gasteiger partial charge in [0.25, 0.3) is 5.91 Å². The van der Waals surface area contributed by atoms with E-state index in [2.05, 4.69) is 5.32 Å². The molecule has 1 aliphatic rings. The molecule has 4 heteroatoms. The number of amides is 1. The molecule has 0 fully saturated rings. The van der Waals surface area contributed by atoms with Crippen molar-refractivity contribution in [1.82, 2.24) is 5.32 Å². The van der Waals surface area contributed by atoms with Crippen LogP contribution in [0.15, 0.2) is 30.0 Å². The van der Waals surface area contributed by atoms with Crippen LogP contribution in [0.5, 0.6) is 0 Å². The Morgan fingerprint density at radius 3 is 2.59 bits per heavy atom. The fourth-order valence-corrected chi connectivity index (χ4v) is 1.62. The lowest BCUT2D eigenvalue weighted by Crippen LogP contribution is -2.26. The maximum atomic E-state index is 11.9. The van der Waals surface area contributed by atoms with Gasteiger partial charge in [0.15, 0.2) is 0 Å². The van der Waals surface area contributed by atoms with Gasteiger partial charge in [0.1, 0.15) is 0 Å². The molecular formula is C13H13NO3. The third kappa shape index (κ3) is 2.36. The van der Waals surface area contributed by atoms with Gasteiger partial charge in [-0.1, -0.05) is 12.1 Å². The van der Waals surface area contributed by atoms with Crippen LogP contribution in [0.4, 0.5) is 0 Å². The predicted molar refractivity (Wildman–Crippen MR) is 62.9 cm³/mol. The Kier molecular flexibility index (Phi) is 2.95. The van der Waals surface area contributed by atoms with Crippen molar-refractivity contribution in [2.24, 2.45) is 0 Å². The molecule has 2 N–H and O–H groups in total. The number of hydrogen-bond acceptors (Lipinski definition) is 2. The summed E-state index contributed by atoms with van der Waals surface area (Å²) in [6, 6.07) is 4.55. The fourth-order valence-electron chi connectivity index (χ4n) is 1.62. The van der Waals surface area contributed by atoms with Crippen molar-refractivity contribution in [3.05, 3.63) is 46.7 Å². The van der Waals surface area contributed by atoms with Gasteiger partial charge >= 0.3 is 5.97 Å². The molecule has 4 nitrogen and oxygen atoms in total. The summed E-state index contributed by atoms with van der Waals surface area (Å²) in [5.41, 5.74) is 2.23. The summed E-state index contributed by atoms with van der Waals surface area (Å²) in [4.78, 5) is 22.7. The molecule has 0 aliphatic heterocycles. The molecule has 1 aromatic rings. The first-order chi connectivity index (χ1) is 8.08. The first-order valence-electron chi connectivity index (χ1n) is 5.42. The van der Waals surface area contributed by atoms with Crippen LogP contribution in [0.3, 0.4) is 0 Å². The summed E-state index contributed by atoms with van der Waals surface area (Å²) in [6.07, 6.45) is 3.82. The van der Waals surface area contributed by atoms with Crippen molar-refractivity contribution in [3.63, 3.8) is 0 Å². The fraction of sp³-hybridized carbons (Fsp3) is 0.231. The SMILES string of the molecule is Cc1ccc(C(=O)O)cc1C(=O)NC1=CCC1. The van der Waals surface area contributed by atoms with Crippen LogP contribution < -0.4 is 5.32 Å². The highest BCUT2D eigenvalue weighted by atomic mass is 16.4. The quantitative estimate of drug-likeness (QED) is 0.837. The third-order valence-electron chi connectivity index (χ3n) is 2.81. The van der Waals surface area contributed by atoms with E-state index in [-0.39, 0.29) is 11.5 Å². The molecule has 0 unspecified atom stereocenters. The summed E-state index contributed by atoms with van der Waals surface area (Å²) in [7, 11) is 0.